The van der Waals surface area contributed by atoms with E-state index >= 15 is 0 Å². The second-order valence-electron chi connectivity index (χ2n) is 5.52. The number of nitrogens with zero attached hydrogens (tertiary/aromatic N) is 2. The Hall–Kier alpha value is -1.25. The van der Waals surface area contributed by atoms with E-state index in [1.54, 1.807) is 30.1 Å². The normalized spacial score (nSPS) is 16.6. The number of carbonyl (C=O) groups excluding carboxylic acids is 1. The Morgan fingerprint density at radius 3 is 2.73 bits per heavy atom. The summed E-state index contributed by atoms with van der Waals surface area (Å²) in [7, 11) is 1.69. The third-order valence-corrected chi connectivity index (χ3v) is 5.00. The molecule has 0 atom stereocenters. The van der Waals surface area contributed by atoms with Crippen molar-refractivity contribution in [2.24, 2.45) is 0 Å². The van der Waals surface area contributed by atoms with Gasteiger partial charge < -0.3 is 9.64 Å². The summed E-state index contributed by atoms with van der Waals surface area (Å²) in [4.78, 5) is 13.9. The third-order valence-electron chi connectivity index (χ3n) is 4.15. The number of nitriles is 1. The van der Waals surface area contributed by atoms with Crippen molar-refractivity contribution in [2.75, 3.05) is 13.7 Å². The number of ether oxygens (including phenoxy) is 1. The monoisotopic (exact) mass is 384 g/mol. The van der Waals surface area contributed by atoms with Crippen LogP contribution in [-0.4, -0.2) is 30.0 Å². The lowest BCUT2D eigenvalue weighted by atomic mass is 9.81. The van der Waals surface area contributed by atoms with Crippen molar-refractivity contribution in [3.63, 3.8) is 0 Å². The summed E-state index contributed by atoms with van der Waals surface area (Å²) >= 11 is 9.22. The zero-order valence-corrected chi connectivity index (χ0v) is 14.8. The van der Waals surface area contributed by atoms with Crippen molar-refractivity contribution < 1.29 is 9.53 Å². The van der Waals surface area contributed by atoms with Gasteiger partial charge in [-0.2, -0.15) is 5.26 Å². The molecule has 0 saturated heterocycles. The number of hydrogen-bond acceptors (Lipinski definition) is 3. The van der Waals surface area contributed by atoms with E-state index in [-0.39, 0.29) is 12.5 Å². The molecule has 1 amide bonds. The SMILES string of the molecule is CN(C(=O)COc1ccc(Cl)cc1Br)C1(C#N)CCCCC1. The van der Waals surface area contributed by atoms with E-state index in [0.29, 0.717) is 15.2 Å². The van der Waals surface area contributed by atoms with Gasteiger partial charge in [-0.25, -0.2) is 0 Å². The average Bonchev–Trinajstić information content (AvgIpc) is 2.53. The number of carbonyl (C=O) groups is 1. The van der Waals surface area contributed by atoms with Gasteiger partial charge in [-0.1, -0.05) is 30.9 Å². The Morgan fingerprint density at radius 1 is 1.45 bits per heavy atom. The van der Waals surface area contributed by atoms with Gasteiger partial charge in [0.2, 0.25) is 0 Å². The third kappa shape index (κ3) is 3.74. The maximum Gasteiger partial charge on any atom is 0.261 e. The molecule has 22 heavy (non-hydrogen) atoms. The van der Waals surface area contributed by atoms with Gasteiger partial charge in [0.1, 0.15) is 11.3 Å². The van der Waals surface area contributed by atoms with Crippen molar-refractivity contribution in [3.05, 3.63) is 27.7 Å². The first kappa shape index (κ1) is 17.1. The van der Waals surface area contributed by atoms with Crippen LogP contribution in [0.2, 0.25) is 5.02 Å². The Bertz CT molecular complexity index is 594. The van der Waals surface area contributed by atoms with Gasteiger partial charge >= 0.3 is 0 Å². The molecule has 0 aliphatic heterocycles. The second kappa shape index (κ2) is 7.34. The quantitative estimate of drug-likeness (QED) is 0.782. The van der Waals surface area contributed by atoms with Crippen molar-refractivity contribution in [2.45, 2.75) is 37.6 Å². The minimum atomic E-state index is -0.685. The van der Waals surface area contributed by atoms with Crippen LogP contribution in [-0.2, 0) is 4.79 Å². The summed E-state index contributed by atoms with van der Waals surface area (Å²) in [5, 5.41) is 10.1. The van der Waals surface area contributed by atoms with E-state index in [9.17, 15) is 10.1 Å². The summed E-state index contributed by atoms with van der Waals surface area (Å²) in [5.41, 5.74) is -0.685. The van der Waals surface area contributed by atoms with Crippen LogP contribution in [0.3, 0.4) is 0 Å². The van der Waals surface area contributed by atoms with Gasteiger partial charge in [0.05, 0.1) is 10.5 Å². The maximum atomic E-state index is 12.4. The molecule has 2 rings (SSSR count). The van der Waals surface area contributed by atoms with E-state index < -0.39 is 5.54 Å². The molecule has 1 aromatic carbocycles. The summed E-state index contributed by atoms with van der Waals surface area (Å²) in [5.74, 6) is 0.367. The smallest absolute Gasteiger partial charge is 0.261 e. The molecule has 0 spiro atoms. The lowest BCUT2D eigenvalue weighted by molar-refractivity contribution is -0.137. The molecule has 1 aliphatic carbocycles. The van der Waals surface area contributed by atoms with Gasteiger partial charge in [0.15, 0.2) is 6.61 Å². The largest absolute Gasteiger partial charge is 0.483 e. The number of likely N-dealkylation sites (N-methyl/N-ethyl adjacent to an activating group) is 1. The van der Waals surface area contributed by atoms with Crippen LogP contribution >= 0.6 is 27.5 Å². The van der Waals surface area contributed by atoms with Crippen LogP contribution in [0.25, 0.3) is 0 Å². The molecule has 1 aromatic rings. The number of rotatable bonds is 4. The minimum absolute atomic E-state index is 0.0971. The molecule has 0 heterocycles. The Morgan fingerprint density at radius 2 is 2.14 bits per heavy atom. The van der Waals surface area contributed by atoms with E-state index in [1.807, 2.05) is 0 Å². The molecule has 0 radical (unpaired) electrons. The van der Waals surface area contributed by atoms with Crippen LogP contribution < -0.4 is 4.74 Å². The van der Waals surface area contributed by atoms with Gasteiger partial charge in [-0.3, -0.25) is 4.79 Å². The summed E-state index contributed by atoms with van der Waals surface area (Å²) in [6, 6.07) is 7.46. The summed E-state index contributed by atoms with van der Waals surface area (Å²) < 4.78 is 6.25. The Labute approximate surface area is 144 Å². The number of halogens is 2. The summed E-state index contributed by atoms with van der Waals surface area (Å²) in [6.07, 6.45) is 4.55. The first-order chi connectivity index (χ1) is 10.5. The Kier molecular flexibility index (Phi) is 5.71. The number of hydrogen-bond donors (Lipinski definition) is 0. The summed E-state index contributed by atoms with van der Waals surface area (Å²) in [6.45, 7) is -0.0971. The number of amides is 1. The molecule has 1 fully saturated rings. The molecule has 6 heteroatoms. The van der Waals surface area contributed by atoms with Crippen molar-refractivity contribution in [1.29, 1.82) is 5.26 Å². The van der Waals surface area contributed by atoms with Crippen LogP contribution in [0.15, 0.2) is 22.7 Å². The van der Waals surface area contributed by atoms with Crippen LogP contribution in [0.1, 0.15) is 32.1 Å². The fourth-order valence-electron chi connectivity index (χ4n) is 2.73. The predicted octanol–water partition coefficient (Wildman–Crippen LogP) is 4.17. The highest BCUT2D eigenvalue weighted by molar-refractivity contribution is 9.10. The van der Waals surface area contributed by atoms with Crippen molar-refractivity contribution >= 4 is 33.4 Å². The van der Waals surface area contributed by atoms with E-state index in [2.05, 4.69) is 22.0 Å². The average molecular weight is 386 g/mol. The highest BCUT2D eigenvalue weighted by Crippen LogP contribution is 2.33. The predicted molar refractivity (Wildman–Crippen MR) is 88.8 cm³/mol. The zero-order valence-electron chi connectivity index (χ0n) is 12.4. The zero-order chi connectivity index (χ0) is 16.2. The van der Waals surface area contributed by atoms with Crippen LogP contribution in [0.4, 0.5) is 0 Å². The first-order valence-corrected chi connectivity index (χ1v) is 8.41. The fraction of sp³-hybridized carbons (Fsp3) is 0.500. The molecule has 0 unspecified atom stereocenters. The molecule has 1 saturated carbocycles. The highest BCUT2D eigenvalue weighted by atomic mass is 79.9. The molecule has 1 aliphatic rings. The molecule has 118 valence electrons. The minimum Gasteiger partial charge on any atom is -0.483 e. The fourth-order valence-corrected chi connectivity index (χ4v) is 3.52. The lowest BCUT2D eigenvalue weighted by Gasteiger charge is -2.38. The van der Waals surface area contributed by atoms with E-state index in [0.717, 1.165) is 32.1 Å². The molecule has 0 aromatic heterocycles. The molecular weight excluding hydrogens is 368 g/mol. The maximum absolute atomic E-state index is 12.4. The molecule has 0 N–H and O–H groups in total. The first-order valence-electron chi connectivity index (χ1n) is 7.24. The molecule has 0 bridgehead atoms. The highest BCUT2D eigenvalue weighted by Gasteiger charge is 2.38. The second-order valence-corrected chi connectivity index (χ2v) is 6.81. The standard InChI is InChI=1S/C16H18BrClN2O2/c1-20(16(11-19)7-3-2-4-8-16)15(21)10-22-14-6-5-12(18)9-13(14)17/h5-6,9H,2-4,7-8,10H2,1H3. The van der Waals surface area contributed by atoms with E-state index in [1.165, 1.54) is 0 Å². The van der Waals surface area contributed by atoms with Gasteiger partial charge in [-0.05, 0) is 47.0 Å². The van der Waals surface area contributed by atoms with Crippen LogP contribution in [0.5, 0.6) is 5.75 Å². The molecular formula is C16H18BrClN2O2. The van der Waals surface area contributed by atoms with Gasteiger partial charge in [0, 0.05) is 12.1 Å². The van der Waals surface area contributed by atoms with Gasteiger partial charge in [-0.15, -0.1) is 0 Å². The van der Waals surface area contributed by atoms with Crippen molar-refractivity contribution in [1.82, 2.24) is 4.90 Å². The topological polar surface area (TPSA) is 53.3 Å². The Balaban J connectivity index is 2.00. The molecule has 4 nitrogen and oxygen atoms in total. The van der Waals surface area contributed by atoms with Crippen molar-refractivity contribution in [3.8, 4) is 11.8 Å². The van der Waals surface area contributed by atoms with E-state index in [4.69, 9.17) is 16.3 Å². The van der Waals surface area contributed by atoms with Gasteiger partial charge in [0.25, 0.3) is 5.91 Å². The lowest BCUT2D eigenvalue weighted by Crippen LogP contribution is -2.51. The van der Waals surface area contributed by atoms with Crippen LogP contribution in [0, 0.1) is 11.3 Å². The number of benzene rings is 1.